The van der Waals surface area contributed by atoms with E-state index in [0.717, 1.165) is 10.0 Å². The van der Waals surface area contributed by atoms with Crippen LogP contribution in [0, 0.1) is 0 Å². The Morgan fingerprint density at radius 1 is 1.44 bits per heavy atom. The van der Waals surface area contributed by atoms with Gasteiger partial charge in [-0.05, 0) is 17.7 Å². The van der Waals surface area contributed by atoms with Crippen LogP contribution in [0.3, 0.4) is 0 Å². The van der Waals surface area contributed by atoms with Crippen molar-refractivity contribution >= 4 is 22.0 Å². The lowest BCUT2D eigenvalue weighted by molar-refractivity contribution is 0.156. The first kappa shape index (κ1) is 11.4. The predicted octanol–water partition coefficient (Wildman–Crippen LogP) is 1.73. The van der Waals surface area contributed by atoms with Crippen LogP contribution in [0.2, 0.25) is 0 Å². The molecule has 1 amide bonds. The predicted molar refractivity (Wildman–Crippen MR) is 63.9 cm³/mol. The molecule has 1 saturated heterocycles. The minimum Gasteiger partial charge on any atom is -0.447 e. The Hall–Kier alpha value is -1.07. The number of nitrogens with zero attached hydrogens (tertiary/aromatic N) is 1. The van der Waals surface area contributed by atoms with E-state index in [0.29, 0.717) is 19.7 Å². The lowest BCUT2D eigenvalue weighted by Crippen LogP contribution is -2.38. The highest BCUT2D eigenvalue weighted by Crippen LogP contribution is 2.17. The molecule has 0 aromatic heterocycles. The molecule has 0 aliphatic carbocycles. The van der Waals surface area contributed by atoms with Crippen molar-refractivity contribution < 1.29 is 9.53 Å². The van der Waals surface area contributed by atoms with Crippen LogP contribution in [0.25, 0.3) is 0 Å². The van der Waals surface area contributed by atoms with Gasteiger partial charge in [-0.1, -0.05) is 28.1 Å². The Bertz CT molecular complexity index is 380. The lowest BCUT2D eigenvalue weighted by atomic mass is 10.2. The van der Waals surface area contributed by atoms with Crippen LogP contribution >= 0.6 is 15.9 Å². The van der Waals surface area contributed by atoms with E-state index in [9.17, 15) is 4.79 Å². The molecule has 86 valence electrons. The van der Waals surface area contributed by atoms with Crippen molar-refractivity contribution in [1.29, 1.82) is 0 Å². The topological polar surface area (TPSA) is 55.6 Å². The summed E-state index contributed by atoms with van der Waals surface area (Å²) in [5, 5.41) is 0. The number of hydrogen-bond acceptors (Lipinski definition) is 3. The summed E-state index contributed by atoms with van der Waals surface area (Å²) >= 11 is 3.37. The molecule has 0 radical (unpaired) electrons. The number of nitrogens with two attached hydrogens (primary N) is 1. The maximum atomic E-state index is 11.5. The fourth-order valence-corrected chi connectivity index (χ4v) is 1.93. The Balaban J connectivity index is 2.08. The first-order valence-electron chi connectivity index (χ1n) is 5.08. The first-order chi connectivity index (χ1) is 7.70. The average Bonchev–Trinajstić information content (AvgIpc) is 2.63. The van der Waals surface area contributed by atoms with Crippen molar-refractivity contribution in [2.24, 2.45) is 5.73 Å². The summed E-state index contributed by atoms with van der Waals surface area (Å²) in [4.78, 5) is 13.1. The quantitative estimate of drug-likeness (QED) is 0.920. The van der Waals surface area contributed by atoms with Crippen molar-refractivity contribution in [3.8, 4) is 0 Å². The molecule has 1 aromatic rings. The number of amides is 1. The summed E-state index contributed by atoms with van der Waals surface area (Å²) in [6.07, 6.45) is -0.279. The number of benzene rings is 1. The van der Waals surface area contributed by atoms with E-state index in [-0.39, 0.29) is 12.1 Å². The molecule has 1 aliphatic heterocycles. The zero-order chi connectivity index (χ0) is 11.5. The highest BCUT2D eigenvalue weighted by Gasteiger charge is 2.31. The van der Waals surface area contributed by atoms with Crippen molar-refractivity contribution in [2.75, 3.05) is 13.2 Å². The zero-order valence-electron chi connectivity index (χ0n) is 8.73. The average molecular weight is 285 g/mol. The van der Waals surface area contributed by atoms with Gasteiger partial charge in [0, 0.05) is 17.6 Å². The molecule has 5 heteroatoms. The first-order valence-corrected chi connectivity index (χ1v) is 5.88. The maximum absolute atomic E-state index is 11.5. The molecule has 1 aromatic carbocycles. The maximum Gasteiger partial charge on any atom is 0.410 e. The molecular formula is C11H13BrN2O2. The van der Waals surface area contributed by atoms with E-state index < -0.39 is 0 Å². The van der Waals surface area contributed by atoms with Gasteiger partial charge in [0.25, 0.3) is 0 Å². The minimum atomic E-state index is -0.279. The van der Waals surface area contributed by atoms with Gasteiger partial charge in [-0.2, -0.15) is 0 Å². The van der Waals surface area contributed by atoms with Gasteiger partial charge in [0.1, 0.15) is 6.61 Å². The molecule has 4 nitrogen and oxygen atoms in total. The highest BCUT2D eigenvalue weighted by molar-refractivity contribution is 9.10. The molecule has 1 atom stereocenters. The normalized spacial score (nSPS) is 20.0. The van der Waals surface area contributed by atoms with Gasteiger partial charge in [0.15, 0.2) is 0 Å². The highest BCUT2D eigenvalue weighted by atomic mass is 79.9. The summed E-state index contributed by atoms with van der Waals surface area (Å²) < 4.78 is 5.99. The molecule has 16 heavy (non-hydrogen) atoms. The van der Waals surface area contributed by atoms with Gasteiger partial charge in [-0.3, -0.25) is 4.90 Å². The standard InChI is InChI=1S/C11H13BrN2O2/c12-9-3-1-8(2-4-9)6-14-10(5-13)7-16-11(14)15/h1-4,10H,5-7,13H2. The Morgan fingerprint density at radius 3 is 2.75 bits per heavy atom. The molecule has 1 unspecified atom stereocenters. The van der Waals surface area contributed by atoms with Gasteiger partial charge in [0.2, 0.25) is 0 Å². The van der Waals surface area contributed by atoms with E-state index in [1.165, 1.54) is 0 Å². The number of halogens is 1. The second kappa shape index (κ2) is 4.84. The Labute approximate surface area is 102 Å². The number of cyclic esters (lactones) is 1. The van der Waals surface area contributed by atoms with Crippen LogP contribution in [0.1, 0.15) is 5.56 Å². The van der Waals surface area contributed by atoms with Crippen LogP contribution < -0.4 is 5.73 Å². The molecule has 0 bridgehead atoms. The Morgan fingerprint density at radius 2 is 2.12 bits per heavy atom. The molecule has 2 N–H and O–H groups in total. The third-order valence-corrected chi connectivity index (χ3v) is 3.14. The van der Waals surface area contributed by atoms with Gasteiger partial charge in [-0.25, -0.2) is 4.79 Å². The van der Waals surface area contributed by atoms with E-state index in [4.69, 9.17) is 10.5 Å². The summed E-state index contributed by atoms with van der Waals surface area (Å²) in [6.45, 7) is 1.38. The van der Waals surface area contributed by atoms with E-state index >= 15 is 0 Å². The molecular weight excluding hydrogens is 272 g/mol. The van der Waals surface area contributed by atoms with E-state index in [1.54, 1.807) is 4.90 Å². The third kappa shape index (κ3) is 2.36. The largest absolute Gasteiger partial charge is 0.447 e. The van der Waals surface area contributed by atoms with Gasteiger partial charge in [-0.15, -0.1) is 0 Å². The molecule has 0 spiro atoms. The van der Waals surface area contributed by atoms with Crippen molar-refractivity contribution in [2.45, 2.75) is 12.6 Å². The summed E-state index contributed by atoms with van der Waals surface area (Å²) in [7, 11) is 0. The number of carbonyl (C=O) groups is 1. The van der Waals surface area contributed by atoms with Crippen LogP contribution in [-0.4, -0.2) is 30.2 Å². The fraction of sp³-hybridized carbons (Fsp3) is 0.364. The number of rotatable bonds is 3. The molecule has 1 heterocycles. The third-order valence-electron chi connectivity index (χ3n) is 2.61. The SMILES string of the molecule is NCC1COC(=O)N1Cc1ccc(Br)cc1. The van der Waals surface area contributed by atoms with Crippen LogP contribution in [0.15, 0.2) is 28.7 Å². The number of ether oxygens (including phenoxy) is 1. The summed E-state index contributed by atoms with van der Waals surface area (Å²) in [5.74, 6) is 0. The van der Waals surface area contributed by atoms with Crippen molar-refractivity contribution in [3.05, 3.63) is 34.3 Å². The number of carbonyl (C=O) groups excluding carboxylic acids is 1. The molecule has 1 aliphatic rings. The van der Waals surface area contributed by atoms with Crippen LogP contribution in [0.4, 0.5) is 4.79 Å². The smallest absolute Gasteiger partial charge is 0.410 e. The van der Waals surface area contributed by atoms with Crippen molar-refractivity contribution in [1.82, 2.24) is 4.90 Å². The zero-order valence-corrected chi connectivity index (χ0v) is 10.3. The van der Waals surface area contributed by atoms with Crippen molar-refractivity contribution in [3.63, 3.8) is 0 Å². The fourth-order valence-electron chi connectivity index (χ4n) is 1.66. The summed E-state index contributed by atoms with van der Waals surface area (Å²) in [6, 6.07) is 7.85. The minimum absolute atomic E-state index is 0.00357. The van der Waals surface area contributed by atoms with Crippen LogP contribution in [0.5, 0.6) is 0 Å². The molecule has 0 saturated carbocycles. The lowest BCUT2D eigenvalue weighted by Gasteiger charge is -2.19. The van der Waals surface area contributed by atoms with E-state index in [2.05, 4.69) is 15.9 Å². The second-order valence-corrected chi connectivity index (χ2v) is 4.64. The van der Waals surface area contributed by atoms with Gasteiger partial charge in [0.05, 0.1) is 6.04 Å². The van der Waals surface area contributed by atoms with Crippen LogP contribution in [-0.2, 0) is 11.3 Å². The number of hydrogen-bond donors (Lipinski definition) is 1. The van der Waals surface area contributed by atoms with Gasteiger partial charge < -0.3 is 10.5 Å². The molecule has 2 rings (SSSR count). The monoisotopic (exact) mass is 284 g/mol. The summed E-state index contributed by atoms with van der Waals surface area (Å²) in [5.41, 5.74) is 6.65. The second-order valence-electron chi connectivity index (χ2n) is 3.72. The Kier molecular flexibility index (Phi) is 3.46. The van der Waals surface area contributed by atoms with E-state index in [1.807, 2.05) is 24.3 Å². The molecule has 1 fully saturated rings. The van der Waals surface area contributed by atoms with Gasteiger partial charge >= 0.3 is 6.09 Å².